The number of carbonyl (C=O) groups is 4. The zero-order chi connectivity index (χ0) is 77.2. The highest BCUT2D eigenvalue weighted by Crippen LogP contribution is 2.45. The Morgan fingerprint density at radius 3 is 0.724 bits per heavy atom. The first kappa shape index (κ1) is 103. The van der Waals surface area contributed by atoms with E-state index >= 15 is 0 Å². The molecule has 4 unspecified atom stereocenters. The molecule has 0 aliphatic heterocycles. The molecule has 0 aromatic carbocycles. The normalized spacial score (nSPS) is 14.4. The Morgan fingerprint density at radius 2 is 0.486 bits per heavy atom. The van der Waals surface area contributed by atoms with Gasteiger partial charge >= 0.3 is 39.5 Å². The molecule has 0 radical (unpaired) electrons. The first-order chi connectivity index (χ1) is 50.8. The lowest BCUT2D eigenvalue weighted by Gasteiger charge is -2.21. The molecule has 0 rings (SSSR count). The van der Waals surface area contributed by atoms with Gasteiger partial charge in [-0.2, -0.15) is 0 Å². The first-order valence-corrected chi connectivity index (χ1v) is 47.4. The van der Waals surface area contributed by atoms with Gasteiger partial charge in [0.05, 0.1) is 26.4 Å². The van der Waals surface area contributed by atoms with E-state index < -0.39 is 97.5 Å². The standard InChI is InChI=1S/C86H168O17P2/c1-8-11-12-13-14-15-16-17-18-19-20-24-31-36-41-46-55-63-70-86(91)103-82(74-97-84(89)68-61-54-49-48-52-59-66-79(7)10-3)76-101-105(94,95)99-72-80(87)71-98-104(92,93)100-75-81(73-96-83(88)67-60-53-45-40-35-30-27-26-29-34-39-44-51-58-65-78(6)9-2)102-85(90)69-62-56-47-42-37-32-25-22-21-23-28-33-38-43-50-57-64-77(4)5/h77-82,87H,8-76H2,1-7H3,(H,92,93)(H,94,95)/t78?,79?,80-,81-,82-/m1/s1. The molecule has 19 heteroatoms. The topological polar surface area (TPSA) is 237 Å². The van der Waals surface area contributed by atoms with E-state index in [9.17, 15) is 43.2 Å². The van der Waals surface area contributed by atoms with Crippen molar-refractivity contribution in [2.45, 2.75) is 471 Å². The molecule has 624 valence electrons. The molecule has 0 aromatic heterocycles. The van der Waals surface area contributed by atoms with Crippen LogP contribution in [0.15, 0.2) is 0 Å². The molecule has 0 bridgehead atoms. The van der Waals surface area contributed by atoms with Gasteiger partial charge in [-0.1, -0.05) is 402 Å². The zero-order valence-corrected chi connectivity index (χ0v) is 71.0. The van der Waals surface area contributed by atoms with Crippen LogP contribution in [0.5, 0.6) is 0 Å². The van der Waals surface area contributed by atoms with Gasteiger partial charge in [-0.3, -0.25) is 37.3 Å². The molecular weight excluding hydrogens is 1370 g/mol. The van der Waals surface area contributed by atoms with Crippen molar-refractivity contribution in [3.63, 3.8) is 0 Å². The van der Waals surface area contributed by atoms with Gasteiger partial charge in [0.15, 0.2) is 12.2 Å². The van der Waals surface area contributed by atoms with Gasteiger partial charge in [-0.05, 0) is 43.4 Å². The molecule has 0 saturated heterocycles. The van der Waals surface area contributed by atoms with Crippen LogP contribution in [-0.2, 0) is 65.4 Å². The molecule has 3 N–H and O–H groups in total. The fraction of sp³-hybridized carbons (Fsp3) is 0.953. The minimum atomic E-state index is -4.97. The Kier molecular flexibility index (Phi) is 74.7. The van der Waals surface area contributed by atoms with Crippen molar-refractivity contribution in [3.05, 3.63) is 0 Å². The number of unbranched alkanes of at least 4 members (excludes halogenated alkanes) is 50. The van der Waals surface area contributed by atoms with Crippen LogP contribution in [0, 0.1) is 17.8 Å². The number of carbonyl (C=O) groups excluding carboxylic acids is 4. The minimum absolute atomic E-state index is 0.108. The van der Waals surface area contributed by atoms with Gasteiger partial charge in [0.2, 0.25) is 0 Å². The van der Waals surface area contributed by atoms with Gasteiger partial charge in [0, 0.05) is 25.7 Å². The van der Waals surface area contributed by atoms with Crippen molar-refractivity contribution in [1.82, 2.24) is 0 Å². The van der Waals surface area contributed by atoms with Crippen molar-refractivity contribution in [3.8, 4) is 0 Å². The summed E-state index contributed by atoms with van der Waals surface area (Å²) in [5.41, 5.74) is 0. The Morgan fingerprint density at radius 1 is 0.276 bits per heavy atom. The summed E-state index contributed by atoms with van der Waals surface area (Å²) in [6, 6.07) is 0. The molecular formula is C86H168O17P2. The highest BCUT2D eigenvalue weighted by molar-refractivity contribution is 7.47. The summed E-state index contributed by atoms with van der Waals surface area (Å²) in [5.74, 6) is 0.285. The average Bonchev–Trinajstić information content (AvgIpc) is 0.925. The van der Waals surface area contributed by atoms with Gasteiger partial charge in [0.1, 0.15) is 19.3 Å². The van der Waals surface area contributed by atoms with Crippen LogP contribution >= 0.6 is 15.6 Å². The van der Waals surface area contributed by atoms with E-state index in [0.717, 1.165) is 114 Å². The maximum Gasteiger partial charge on any atom is 0.472 e. The van der Waals surface area contributed by atoms with Crippen LogP contribution in [-0.4, -0.2) is 96.7 Å². The third-order valence-corrected chi connectivity index (χ3v) is 22.8. The molecule has 0 saturated carbocycles. The highest BCUT2D eigenvalue weighted by atomic mass is 31.2. The molecule has 0 amide bonds. The lowest BCUT2D eigenvalue weighted by molar-refractivity contribution is -0.161. The largest absolute Gasteiger partial charge is 0.472 e. The predicted molar refractivity (Wildman–Crippen MR) is 432 cm³/mol. The van der Waals surface area contributed by atoms with E-state index in [1.54, 1.807) is 0 Å². The van der Waals surface area contributed by atoms with Crippen LogP contribution in [0.2, 0.25) is 0 Å². The minimum Gasteiger partial charge on any atom is -0.462 e. The summed E-state index contributed by atoms with van der Waals surface area (Å²) in [7, 11) is -9.93. The van der Waals surface area contributed by atoms with Gasteiger partial charge in [0.25, 0.3) is 0 Å². The zero-order valence-electron chi connectivity index (χ0n) is 69.2. The van der Waals surface area contributed by atoms with Crippen molar-refractivity contribution < 1.29 is 80.2 Å². The van der Waals surface area contributed by atoms with E-state index in [-0.39, 0.29) is 25.7 Å². The Balaban J connectivity index is 5.24. The monoisotopic (exact) mass is 1540 g/mol. The van der Waals surface area contributed by atoms with Crippen LogP contribution in [0.4, 0.5) is 0 Å². The maximum absolute atomic E-state index is 13.1. The number of rotatable bonds is 84. The number of phosphoric acid groups is 2. The number of esters is 4. The predicted octanol–water partition coefficient (Wildman–Crippen LogP) is 26.1. The smallest absolute Gasteiger partial charge is 0.462 e. The van der Waals surface area contributed by atoms with Crippen LogP contribution in [0.1, 0.15) is 453 Å². The molecule has 0 aliphatic carbocycles. The molecule has 0 spiro atoms. The summed E-state index contributed by atoms with van der Waals surface area (Å²) in [4.78, 5) is 73.2. The fourth-order valence-electron chi connectivity index (χ4n) is 13.3. The van der Waals surface area contributed by atoms with Crippen molar-refractivity contribution in [1.29, 1.82) is 0 Å². The summed E-state index contributed by atoms with van der Waals surface area (Å²) >= 11 is 0. The SMILES string of the molecule is CCCCCCCCCCCCCCCCCCCCC(=O)O[C@H](COC(=O)CCCCCCCCC(C)CC)COP(=O)(O)OC[C@H](O)COP(=O)(O)OC[C@@H](COC(=O)CCCCCCCCCCCCCCCCC(C)CC)OC(=O)CCCCCCCCCCCCCCCCCCC(C)C. The lowest BCUT2D eigenvalue weighted by atomic mass is 9.99. The number of aliphatic hydroxyl groups excluding tert-OH is 1. The van der Waals surface area contributed by atoms with Gasteiger partial charge in [-0.15, -0.1) is 0 Å². The summed E-state index contributed by atoms with van der Waals surface area (Å²) in [6.07, 6.45) is 66.6. The molecule has 17 nitrogen and oxygen atoms in total. The van der Waals surface area contributed by atoms with E-state index in [4.69, 9.17) is 37.0 Å². The van der Waals surface area contributed by atoms with Crippen molar-refractivity contribution in [2.24, 2.45) is 17.8 Å². The Bertz CT molecular complexity index is 2030. The molecule has 0 fully saturated rings. The Hall–Kier alpha value is -1.94. The quantitative estimate of drug-likeness (QED) is 0.0222. The second kappa shape index (κ2) is 76.1. The summed E-state index contributed by atoms with van der Waals surface area (Å²) in [6.45, 7) is 12.0. The lowest BCUT2D eigenvalue weighted by Crippen LogP contribution is -2.30. The van der Waals surface area contributed by atoms with E-state index in [2.05, 4.69) is 48.5 Å². The van der Waals surface area contributed by atoms with Crippen LogP contribution in [0.3, 0.4) is 0 Å². The number of hydrogen-bond donors (Lipinski definition) is 3. The molecule has 0 heterocycles. The van der Waals surface area contributed by atoms with Gasteiger partial charge < -0.3 is 33.8 Å². The van der Waals surface area contributed by atoms with Gasteiger partial charge in [-0.25, -0.2) is 9.13 Å². The Labute approximate surface area is 645 Å². The average molecular weight is 1540 g/mol. The number of aliphatic hydroxyl groups is 1. The molecule has 0 aromatic rings. The molecule has 7 atom stereocenters. The second-order valence-corrected chi connectivity index (χ2v) is 34.8. The third-order valence-electron chi connectivity index (χ3n) is 20.9. The first-order valence-electron chi connectivity index (χ1n) is 44.4. The molecule has 105 heavy (non-hydrogen) atoms. The maximum atomic E-state index is 13.1. The summed E-state index contributed by atoms with van der Waals surface area (Å²) < 4.78 is 68.9. The number of hydrogen-bond acceptors (Lipinski definition) is 15. The van der Waals surface area contributed by atoms with Crippen molar-refractivity contribution in [2.75, 3.05) is 39.6 Å². The fourth-order valence-corrected chi connectivity index (χ4v) is 14.9. The third kappa shape index (κ3) is 77.2. The van der Waals surface area contributed by atoms with Crippen LogP contribution in [0.25, 0.3) is 0 Å². The second-order valence-electron chi connectivity index (χ2n) is 31.9. The van der Waals surface area contributed by atoms with E-state index in [1.165, 1.54) is 257 Å². The van der Waals surface area contributed by atoms with E-state index in [1.807, 2.05) is 0 Å². The summed E-state index contributed by atoms with van der Waals surface area (Å²) in [5, 5.41) is 10.7. The van der Waals surface area contributed by atoms with Crippen molar-refractivity contribution >= 4 is 39.5 Å². The molecule has 0 aliphatic rings. The number of ether oxygens (including phenoxy) is 4. The number of phosphoric ester groups is 2. The van der Waals surface area contributed by atoms with E-state index in [0.29, 0.717) is 25.7 Å². The van der Waals surface area contributed by atoms with Crippen LogP contribution < -0.4 is 0 Å². The highest BCUT2D eigenvalue weighted by Gasteiger charge is 2.30.